The van der Waals surface area contributed by atoms with Crippen molar-refractivity contribution in [1.82, 2.24) is 4.90 Å². The molecule has 3 nitrogen and oxygen atoms in total. The molecule has 3 heteroatoms. The van der Waals surface area contributed by atoms with Crippen LogP contribution in [0.3, 0.4) is 0 Å². The summed E-state index contributed by atoms with van der Waals surface area (Å²) in [5.74, 6) is 0.969. The topological polar surface area (TPSA) is 46.3 Å². The molecule has 1 aliphatic carbocycles. The third kappa shape index (κ3) is 4.48. The minimum absolute atomic E-state index is 0.185. The number of unbranched alkanes of at least 4 members (excludes halogenated alkanes) is 1. The minimum Gasteiger partial charge on any atom is -0.340 e. The van der Waals surface area contributed by atoms with Crippen molar-refractivity contribution in [2.24, 2.45) is 17.6 Å². The summed E-state index contributed by atoms with van der Waals surface area (Å²) in [5.41, 5.74) is 5.87. The van der Waals surface area contributed by atoms with Gasteiger partial charge in [-0.2, -0.15) is 0 Å². The van der Waals surface area contributed by atoms with Gasteiger partial charge in [0, 0.05) is 18.5 Å². The highest BCUT2D eigenvalue weighted by molar-refractivity contribution is 5.79. The second-order valence-electron chi connectivity index (χ2n) is 6.03. The molecule has 3 unspecified atom stereocenters. The van der Waals surface area contributed by atoms with E-state index in [4.69, 9.17) is 5.73 Å². The number of rotatable bonds is 7. The van der Waals surface area contributed by atoms with Crippen LogP contribution in [0.4, 0.5) is 0 Å². The Morgan fingerprint density at radius 3 is 2.58 bits per heavy atom. The molecule has 3 atom stereocenters. The van der Waals surface area contributed by atoms with Crippen molar-refractivity contribution in [2.45, 2.75) is 71.8 Å². The number of carbonyl (C=O) groups is 1. The molecule has 0 aliphatic heterocycles. The van der Waals surface area contributed by atoms with E-state index in [9.17, 15) is 4.79 Å². The lowest BCUT2D eigenvalue weighted by Gasteiger charge is -2.37. The number of hydrogen-bond donors (Lipinski definition) is 1. The van der Waals surface area contributed by atoms with Crippen LogP contribution in [0.5, 0.6) is 0 Å². The van der Waals surface area contributed by atoms with Gasteiger partial charge in [-0.25, -0.2) is 0 Å². The van der Waals surface area contributed by atoms with Crippen LogP contribution in [0.2, 0.25) is 0 Å². The fourth-order valence-corrected chi connectivity index (χ4v) is 3.12. The molecule has 0 aromatic rings. The first kappa shape index (κ1) is 16.5. The number of carbonyl (C=O) groups excluding carboxylic acids is 1. The quantitative estimate of drug-likeness (QED) is 0.771. The number of nitrogens with two attached hydrogens (primary N) is 1. The second-order valence-corrected chi connectivity index (χ2v) is 6.03. The average Bonchev–Trinajstić information content (AvgIpc) is 2.46. The summed E-state index contributed by atoms with van der Waals surface area (Å²) >= 11 is 0. The molecule has 0 radical (unpaired) electrons. The van der Waals surface area contributed by atoms with Gasteiger partial charge in [0.05, 0.1) is 0 Å². The lowest BCUT2D eigenvalue weighted by Crippen LogP contribution is -2.46. The van der Waals surface area contributed by atoms with E-state index < -0.39 is 0 Å². The summed E-state index contributed by atoms with van der Waals surface area (Å²) in [7, 11) is 0. The highest BCUT2D eigenvalue weighted by Crippen LogP contribution is 2.31. The summed E-state index contributed by atoms with van der Waals surface area (Å²) in [6.45, 7) is 8.10. The van der Waals surface area contributed by atoms with Crippen molar-refractivity contribution in [3.63, 3.8) is 0 Å². The van der Waals surface area contributed by atoms with Gasteiger partial charge in [0.15, 0.2) is 0 Å². The molecular formula is C16H32N2O. The van der Waals surface area contributed by atoms with E-state index in [1.54, 1.807) is 0 Å². The molecule has 2 N–H and O–H groups in total. The van der Waals surface area contributed by atoms with Crippen molar-refractivity contribution in [3.8, 4) is 0 Å². The smallest absolute Gasteiger partial charge is 0.226 e. The van der Waals surface area contributed by atoms with Crippen molar-refractivity contribution < 1.29 is 4.79 Å². The molecule has 0 heterocycles. The van der Waals surface area contributed by atoms with Gasteiger partial charge in [-0.15, -0.1) is 0 Å². The van der Waals surface area contributed by atoms with Gasteiger partial charge >= 0.3 is 0 Å². The maximum atomic E-state index is 12.8. The van der Waals surface area contributed by atoms with Crippen molar-refractivity contribution in [1.29, 1.82) is 0 Å². The van der Waals surface area contributed by atoms with Gasteiger partial charge in [-0.1, -0.05) is 33.1 Å². The van der Waals surface area contributed by atoms with Gasteiger partial charge in [0.2, 0.25) is 5.91 Å². The van der Waals surface area contributed by atoms with E-state index in [-0.39, 0.29) is 5.92 Å². The van der Waals surface area contributed by atoms with Crippen molar-refractivity contribution in [2.75, 3.05) is 13.1 Å². The zero-order chi connectivity index (χ0) is 14.3. The van der Waals surface area contributed by atoms with Crippen LogP contribution in [0, 0.1) is 11.8 Å². The van der Waals surface area contributed by atoms with Crippen LogP contribution in [0.15, 0.2) is 0 Å². The first-order valence-electron chi connectivity index (χ1n) is 8.16. The number of hydrogen-bond acceptors (Lipinski definition) is 2. The molecule has 0 aromatic heterocycles. The highest BCUT2D eigenvalue weighted by Gasteiger charge is 2.33. The molecule has 1 aliphatic rings. The first-order valence-corrected chi connectivity index (χ1v) is 8.16. The minimum atomic E-state index is 0.185. The molecule has 0 spiro atoms. The fourth-order valence-electron chi connectivity index (χ4n) is 3.12. The van der Waals surface area contributed by atoms with Crippen LogP contribution in [-0.2, 0) is 4.79 Å². The zero-order valence-electron chi connectivity index (χ0n) is 13.0. The second kappa shape index (κ2) is 8.57. The summed E-state index contributed by atoms with van der Waals surface area (Å²) in [6.07, 6.45) is 7.89. The Morgan fingerprint density at radius 1 is 1.32 bits per heavy atom. The number of amides is 1. The normalized spacial score (nSPS) is 25.1. The van der Waals surface area contributed by atoms with Gasteiger partial charge in [-0.3, -0.25) is 4.79 Å². The Bertz CT molecular complexity index is 267. The van der Waals surface area contributed by atoms with E-state index in [1.807, 2.05) is 0 Å². The van der Waals surface area contributed by atoms with Gasteiger partial charge in [0.1, 0.15) is 0 Å². The summed E-state index contributed by atoms with van der Waals surface area (Å²) in [5, 5.41) is 0. The lowest BCUT2D eigenvalue weighted by molar-refractivity contribution is -0.140. The molecule has 1 fully saturated rings. The van der Waals surface area contributed by atoms with Crippen LogP contribution < -0.4 is 5.73 Å². The predicted octanol–water partition coefficient (Wildman–Crippen LogP) is 3.18. The third-order valence-electron chi connectivity index (χ3n) is 4.69. The Hall–Kier alpha value is -0.570. The monoisotopic (exact) mass is 268 g/mol. The average molecular weight is 268 g/mol. The van der Waals surface area contributed by atoms with Crippen LogP contribution >= 0.6 is 0 Å². The molecule has 19 heavy (non-hydrogen) atoms. The largest absolute Gasteiger partial charge is 0.340 e. The predicted molar refractivity (Wildman–Crippen MR) is 80.9 cm³/mol. The van der Waals surface area contributed by atoms with E-state index in [0.29, 0.717) is 24.4 Å². The molecule has 112 valence electrons. The molecule has 1 amide bonds. The maximum absolute atomic E-state index is 12.8. The number of nitrogens with zero attached hydrogens (tertiary/aromatic N) is 1. The van der Waals surface area contributed by atoms with Crippen LogP contribution in [0.1, 0.15) is 65.7 Å². The maximum Gasteiger partial charge on any atom is 0.226 e. The summed E-state index contributed by atoms with van der Waals surface area (Å²) in [6, 6.07) is 0.361. The van der Waals surface area contributed by atoms with Crippen molar-refractivity contribution >= 4 is 5.91 Å². The highest BCUT2D eigenvalue weighted by atomic mass is 16.2. The molecule has 0 saturated heterocycles. The Kier molecular flexibility index (Phi) is 7.44. The molecule has 0 bridgehead atoms. The summed E-state index contributed by atoms with van der Waals surface area (Å²) in [4.78, 5) is 15.0. The molecule has 1 saturated carbocycles. The van der Waals surface area contributed by atoms with E-state index in [0.717, 1.165) is 38.6 Å². The van der Waals surface area contributed by atoms with E-state index in [1.165, 1.54) is 12.8 Å². The van der Waals surface area contributed by atoms with Crippen LogP contribution in [0.25, 0.3) is 0 Å². The molecule has 0 aromatic carbocycles. The zero-order valence-corrected chi connectivity index (χ0v) is 13.0. The third-order valence-corrected chi connectivity index (χ3v) is 4.69. The van der Waals surface area contributed by atoms with Gasteiger partial charge in [-0.05, 0) is 45.1 Å². The molecular weight excluding hydrogens is 236 g/mol. The Balaban J connectivity index is 2.72. The SMILES string of the molecule is CCCCN(C(=O)C1CCCCC1CN)C(C)CC. The molecule has 1 rings (SSSR count). The Morgan fingerprint density at radius 2 is 2.00 bits per heavy atom. The first-order chi connectivity index (χ1) is 9.15. The van der Waals surface area contributed by atoms with Crippen molar-refractivity contribution in [3.05, 3.63) is 0 Å². The Labute approximate surface area is 118 Å². The van der Waals surface area contributed by atoms with E-state index >= 15 is 0 Å². The summed E-state index contributed by atoms with van der Waals surface area (Å²) < 4.78 is 0. The lowest BCUT2D eigenvalue weighted by atomic mass is 9.78. The fraction of sp³-hybridized carbons (Fsp3) is 0.938. The standard InChI is InChI=1S/C16H32N2O/c1-4-6-11-18(13(3)5-2)16(19)15-10-8-7-9-14(15)12-17/h13-15H,4-12,17H2,1-3H3. The van der Waals surface area contributed by atoms with Crippen LogP contribution in [-0.4, -0.2) is 29.9 Å². The van der Waals surface area contributed by atoms with Gasteiger partial charge < -0.3 is 10.6 Å². The van der Waals surface area contributed by atoms with E-state index in [2.05, 4.69) is 25.7 Å². The van der Waals surface area contributed by atoms with Gasteiger partial charge in [0.25, 0.3) is 0 Å².